The molecule has 0 radical (unpaired) electrons. The van der Waals surface area contributed by atoms with Crippen molar-refractivity contribution in [2.24, 2.45) is 11.8 Å². The average Bonchev–Trinajstić information content (AvgIpc) is 3.52. The molecule has 2 bridgehead atoms. The van der Waals surface area contributed by atoms with E-state index in [0.717, 1.165) is 58.0 Å². The van der Waals surface area contributed by atoms with Crippen molar-refractivity contribution in [2.75, 3.05) is 13.7 Å². The second-order valence-corrected chi connectivity index (χ2v) is 11.0. The highest BCUT2D eigenvalue weighted by molar-refractivity contribution is 5.69. The van der Waals surface area contributed by atoms with Crippen molar-refractivity contribution in [1.29, 1.82) is 0 Å². The lowest BCUT2D eigenvalue weighted by atomic mass is 9.69. The number of unbranched alkanes of at least 4 members (excludes halogenated alkanes) is 3. The molecule has 38 heavy (non-hydrogen) atoms. The molecule has 1 heterocycles. The quantitative estimate of drug-likeness (QED) is 0.161. The Bertz CT molecular complexity index is 1060. The molecule has 4 heteroatoms. The minimum atomic E-state index is -0.392. The van der Waals surface area contributed by atoms with E-state index in [4.69, 9.17) is 9.47 Å². The number of allylic oxidation sites excluding steroid dienone is 2. The highest BCUT2D eigenvalue weighted by atomic mass is 16.5. The molecule has 2 aliphatic rings. The van der Waals surface area contributed by atoms with Gasteiger partial charge in [-0.25, -0.2) is 0 Å². The van der Waals surface area contributed by atoms with Gasteiger partial charge in [-0.15, -0.1) is 0 Å². The van der Waals surface area contributed by atoms with Crippen LogP contribution in [0, 0.1) is 11.8 Å². The molecule has 4 nitrogen and oxygen atoms in total. The molecular weight excluding hydrogens is 472 g/mol. The van der Waals surface area contributed by atoms with Crippen LogP contribution in [0.2, 0.25) is 0 Å². The van der Waals surface area contributed by atoms with Gasteiger partial charge < -0.3 is 14.6 Å². The van der Waals surface area contributed by atoms with Crippen molar-refractivity contribution < 1.29 is 19.4 Å². The van der Waals surface area contributed by atoms with Gasteiger partial charge in [0.1, 0.15) is 0 Å². The molecule has 1 N–H and O–H groups in total. The Morgan fingerprint density at radius 2 is 1.84 bits per heavy atom. The monoisotopic (exact) mass is 516 g/mol. The largest absolute Gasteiger partial charge is 0.469 e. The number of methoxy groups -OCH3 is 1. The first-order valence-corrected chi connectivity index (χ1v) is 14.4. The third kappa shape index (κ3) is 6.84. The van der Waals surface area contributed by atoms with E-state index < -0.39 is 6.10 Å². The predicted octanol–water partition coefficient (Wildman–Crippen LogP) is 7.41. The Balaban J connectivity index is 1.51. The number of ether oxygens (including phenoxy) is 2. The Kier molecular flexibility index (Phi) is 10.4. The Labute approximate surface area is 228 Å². The number of carbonyl (C=O) groups excluding carboxylic acids is 1. The van der Waals surface area contributed by atoms with Gasteiger partial charge in [-0.1, -0.05) is 105 Å². The van der Waals surface area contributed by atoms with Crippen molar-refractivity contribution in [3.63, 3.8) is 0 Å². The van der Waals surface area contributed by atoms with Crippen molar-refractivity contribution in [3.8, 4) is 11.1 Å². The minimum Gasteiger partial charge on any atom is -0.469 e. The van der Waals surface area contributed by atoms with Crippen LogP contribution in [0.5, 0.6) is 0 Å². The molecule has 1 aliphatic heterocycles. The summed E-state index contributed by atoms with van der Waals surface area (Å²) in [7, 11) is 1.44. The Morgan fingerprint density at radius 1 is 1.08 bits per heavy atom. The molecule has 1 aliphatic carbocycles. The van der Waals surface area contributed by atoms with E-state index in [1.54, 1.807) is 0 Å². The van der Waals surface area contributed by atoms with E-state index in [-0.39, 0.29) is 23.4 Å². The number of esters is 1. The predicted molar refractivity (Wildman–Crippen MR) is 154 cm³/mol. The third-order valence-corrected chi connectivity index (χ3v) is 8.49. The molecule has 1 saturated carbocycles. The molecule has 2 aromatic rings. The first kappa shape index (κ1) is 28.3. The van der Waals surface area contributed by atoms with Crippen LogP contribution in [0.3, 0.4) is 0 Å². The summed E-state index contributed by atoms with van der Waals surface area (Å²) >= 11 is 0. The van der Waals surface area contributed by atoms with Gasteiger partial charge in [0, 0.05) is 17.8 Å². The van der Waals surface area contributed by atoms with Crippen LogP contribution in [0.15, 0.2) is 78.9 Å². The maximum Gasteiger partial charge on any atom is 0.305 e. The van der Waals surface area contributed by atoms with Gasteiger partial charge in [0.05, 0.1) is 25.9 Å². The van der Waals surface area contributed by atoms with Crippen LogP contribution in [0.25, 0.3) is 11.1 Å². The van der Waals surface area contributed by atoms with Crippen molar-refractivity contribution in [2.45, 2.75) is 82.3 Å². The third-order valence-electron chi connectivity index (χ3n) is 8.49. The van der Waals surface area contributed by atoms with Crippen LogP contribution in [-0.2, 0) is 19.7 Å². The number of rotatable bonds is 14. The van der Waals surface area contributed by atoms with Crippen molar-refractivity contribution in [3.05, 3.63) is 84.5 Å². The van der Waals surface area contributed by atoms with E-state index >= 15 is 0 Å². The summed E-state index contributed by atoms with van der Waals surface area (Å²) < 4.78 is 11.1. The molecule has 204 valence electrons. The summed E-state index contributed by atoms with van der Waals surface area (Å²) in [5, 5.41) is 10.6. The fourth-order valence-corrected chi connectivity index (χ4v) is 6.33. The molecule has 4 rings (SSSR count). The van der Waals surface area contributed by atoms with E-state index in [1.807, 2.05) is 12.1 Å². The van der Waals surface area contributed by atoms with Gasteiger partial charge in [0.15, 0.2) is 0 Å². The summed E-state index contributed by atoms with van der Waals surface area (Å²) in [6.45, 7) is 2.93. The molecule has 5 atom stereocenters. The van der Waals surface area contributed by atoms with E-state index in [2.05, 4.69) is 73.7 Å². The van der Waals surface area contributed by atoms with Gasteiger partial charge in [-0.2, -0.15) is 0 Å². The average molecular weight is 517 g/mol. The first-order valence-electron chi connectivity index (χ1n) is 14.4. The minimum absolute atomic E-state index is 0.0294. The van der Waals surface area contributed by atoms with Gasteiger partial charge in [-0.05, 0) is 54.7 Å². The van der Waals surface area contributed by atoms with Gasteiger partial charge >= 0.3 is 5.97 Å². The summed E-state index contributed by atoms with van der Waals surface area (Å²) in [5.41, 5.74) is 3.78. The SMILES string of the molecule is CCCCC[C@H](O)/C=C/[C@@H]1[C@@H]2C[C@@](c3ccc(-c4ccccc4)cc3)(CO2)[C@H]1C/C=C\CCCC(=O)OC. The lowest BCUT2D eigenvalue weighted by Crippen LogP contribution is -2.39. The molecule has 0 aromatic heterocycles. The van der Waals surface area contributed by atoms with Gasteiger partial charge in [0.2, 0.25) is 0 Å². The molecular formula is C34H44O4. The van der Waals surface area contributed by atoms with E-state index in [0.29, 0.717) is 12.3 Å². The highest BCUT2D eigenvalue weighted by Gasteiger charge is 2.58. The molecule has 2 aromatic carbocycles. The molecule has 1 saturated heterocycles. The smallest absolute Gasteiger partial charge is 0.305 e. The second-order valence-electron chi connectivity index (χ2n) is 11.0. The van der Waals surface area contributed by atoms with E-state index in [9.17, 15) is 9.90 Å². The highest BCUT2D eigenvalue weighted by Crippen LogP contribution is 2.57. The number of carbonyl (C=O) groups is 1. The van der Waals surface area contributed by atoms with E-state index in [1.165, 1.54) is 23.8 Å². The van der Waals surface area contributed by atoms with Crippen LogP contribution in [-0.4, -0.2) is 37.0 Å². The van der Waals surface area contributed by atoms with Crippen LogP contribution in [0.1, 0.15) is 70.3 Å². The molecule has 0 amide bonds. The van der Waals surface area contributed by atoms with Gasteiger partial charge in [0.25, 0.3) is 0 Å². The summed E-state index contributed by atoms with van der Waals surface area (Å²) in [6.07, 6.45) is 16.9. The lowest BCUT2D eigenvalue weighted by molar-refractivity contribution is -0.140. The summed E-state index contributed by atoms with van der Waals surface area (Å²) in [5.74, 6) is 0.530. The maximum absolute atomic E-state index is 11.4. The molecule has 0 unspecified atom stereocenters. The number of aliphatic hydroxyl groups excluding tert-OH is 1. The van der Waals surface area contributed by atoms with Crippen LogP contribution in [0.4, 0.5) is 0 Å². The van der Waals surface area contributed by atoms with Crippen LogP contribution < -0.4 is 0 Å². The number of fused-ring (bicyclic) bond motifs is 2. The van der Waals surface area contributed by atoms with Crippen molar-refractivity contribution >= 4 is 5.97 Å². The van der Waals surface area contributed by atoms with Gasteiger partial charge in [-0.3, -0.25) is 4.79 Å². The lowest BCUT2D eigenvalue weighted by Gasteiger charge is -2.38. The maximum atomic E-state index is 11.4. The number of benzene rings is 2. The fourth-order valence-electron chi connectivity index (χ4n) is 6.33. The number of hydrogen-bond donors (Lipinski definition) is 1. The number of hydrogen-bond acceptors (Lipinski definition) is 4. The zero-order chi connectivity index (χ0) is 26.8. The van der Waals surface area contributed by atoms with Crippen LogP contribution >= 0.6 is 0 Å². The zero-order valence-electron chi connectivity index (χ0n) is 23.1. The number of aliphatic hydroxyl groups is 1. The zero-order valence-corrected chi connectivity index (χ0v) is 23.1. The Hall–Kier alpha value is -2.69. The first-order chi connectivity index (χ1) is 18.6. The summed E-state index contributed by atoms with van der Waals surface area (Å²) in [4.78, 5) is 11.4. The Morgan fingerprint density at radius 3 is 2.58 bits per heavy atom. The topological polar surface area (TPSA) is 55.8 Å². The second kappa shape index (κ2) is 13.9. The standard InChI is InChI=1S/C34H44O4/c1-3-4-8-15-29(35)22-23-30-31(16-11-5-6-12-17-33(36)37-2)34(24-32(30)38-25-34)28-20-18-27(19-21-28)26-13-9-7-10-14-26/h5,7,9-11,13-14,18-23,29-32,35H,3-4,6,8,12,15-17,24-25H2,1-2H3/b11-5-,23-22+/t29-,30-,31-,32-,34-/m0/s1. The molecule has 2 fully saturated rings. The normalized spacial score (nSPS) is 25.4. The summed E-state index contributed by atoms with van der Waals surface area (Å²) in [6, 6.07) is 19.6. The van der Waals surface area contributed by atoms with Crippen molar-refractivity contribution in [1.82, 2.24) is 0 Å². The fraction of sp³-hybridized carbons (Fsp3) is 0.500. The molecule has 0 spiro atoms.